The quantitative estimate of drug-likeness (QED) is 0.874. The van der Waals surface area contributed by atoms with Crippen LogP contribution in [0.15, 0.2) is 46.9 Å². The number of anilines is 1. The van der Waals surface area contributed by atoms with Crippen LogP contribution in [0.5, 0.6) is 5.75 Å². The molecule has 0 fully saturated rings. The van der Waals surface area contributed by atoms with Crippen molar-refractivity contribution in [3.63, 3.8) is 0 Å². The standard InChI is InChI=1S/C16H17BrN2O2/c1-11-3-5-12(6-4-11)10-18-16(20)19-14-9-13(17)7-8-15(14)21-2/h3-9H,10H2,1-2H3,(H2,18,19,20). The van der Waals surface area contributed by atoms with Crippen molar-refractivity contribution in [3.05, 3.63) is 58.1 Å². The van der Waals surface area contributed by atoms with Crippen LogP contribution in [0.2, 0.25) is 0 Å². The lowest BCUT2D eigenvalue weighted by Crippen LogP contribution is -2.28. The Morgan fingerprint density at radius 3 is 2.57 bits per heavy atom. The minimum absolute atomic E-state index is 0.271. The van der Waals surface area contributed by atoms with Gasteiger partial charge in [-0.25, -0.2) is 4.79 Å². The third kappa shape index (κ3) is 4.49. The zero-order chi connectivity index (χ0) is 15.2. The van der Waals surface area contributed by atoms with Crippen molar-refractivity contribution < 1.29 is 9.53 Å². The Labute approximate surface area is 132 Å². The normalized spacial score (nSPS) is 10.0. The van der Waals surface area contributed by atoms with Crippen LogP contribution in [0.4, 0.5) is 10.5 Å². The first kappa shape index (κ1) is 15.4. The highest BCUT2D eigenvalue weighted by Gasteiger charge is 2.07. The van der Waals surface area contributed by atoms with Crippen molar-refractivity contribution in [2.24, 2.45) is 0 Å². The summed E-state index contributed by atoms with van der Waals surface area (Å²) in [5.41, 5.74) is 2.87. The zero-order valence-corrected chi connectivity index (χ0v) is 13.5. The molecule has 0 aliphatic rings. The fraction of sp³-hybridized carbons (Fsp3) is 0.188. The predicted molar refractivity (Wildman–Crippen MR) is 87.7 cm³/mol. The van der Waals surface area contributed by atoms with E-state index in [1.54, 1.807) is 19.2 Å². The molecule has 0 spiro atoms. The molecule has 21 heavy (non-hydrogen) atoms. The number of halogens is 1. The molecule has 0 heterocycles. The van der Waals surface area contributed by atoms with Crippen molar-refractivity contribution in [2.75, 3.05) is 12.4 Å². The Morgan fingerprint density at radius 2 is 1.90 bits per heavy atom. The van der Waals surface area contributed by atoms with E-state index in [0.29, 0.717) is 18.0 Å². The van der Waals surface area contributed by atoms with Crippen molar-refractivity contribution in [2.45, 2.75) is 13.5 Å². The maximum atomic E-state index is 11.9. The first-order chi connectivity index (χ1) is 10.1. The van der Waals surface area contributed by atoms with E-state index in [-0.39, 0.29) is 6.03 Å². The van der Waals surface area contributed by atoms with Crippen LogP contribution in [-0.4, -0.2) is 13.1 Å². The third-order valence-electron chi connectivity index (χ3n) is 2.98. The van der Waals surface area contributed by atoms with Crippen molar-refractivity contribution >= 4 is 27.6 Å². The Kier molecular flexibility index (Phi) is 5.22. The highest BCUT2D eigenvalue weighted by Crippen LogP contribution is 2.27. The van der Waals surface area contributed by atoms with Gasteiger partial charge in [0, 0.05) is 11.0 Å². The summed E-state index contributed by atoms with van der Waals surface area (Å²) >= 11 is 3.37. The van der Waals surface area contributed by atoms with Gasteiger partial charge in [0.15, 0.2) is 0 Å². The van der Waals surface area contributed by atoms with E-state index in [2.05, 4.69) is 26.6 Å². The number of amides is 2. The number of benzene rings is 2. The summed E-state index contributed by atoms with van der Waals surface area (Å²) in [6.07, 6.45) is 0. The van der Waals surface area contributed by atoms with Gasteiger partial charge in [0.25, 0.3) is 0 Å². The molecule has 0 aromatic heterocycles. The molecule has 2 amide bonds. The van der Waals surface area contributed by atoms with E-state index >= 15 is 0 Å². The second kappa shape index (κ2) is 7.13. The van der Waals surface area contributed by atoms with Gasteiger partial charge in [-0.2, -0.15) is 0 Å². The summed E-state index contributed by atoms with van der Waals surface area (Å²) < 4.78 is 6.09. The van der Waals surface area contributed by atoms with Crippen LogP contribution in [-0.2, 0) is 6.54 Å². The monoisotopic (exact) mass is 348 g/mol. The number of carbonyl (C=O) groups is 1. The molecular formula is C16H17BrN2O2. The molecule has 0 bridgehead atoms. The average molecular weight is 349 g/mol. The van der Waals surface area contributed by atoms with Gasteiger partial charge in [0.05, 0.1) is 12.8 Å². The molecule has 2 N–H and O–H groups in total. The number of aryl methyl sites for hydroxylation is 1. The predicted octanol–water partition coefficient (Wildman–Crippen LogP) is 4.09. The van der Waals surface area contributed by atoms with E-state index in [9.17, 15) is 4.79 Å². The fourth-order valence-electron chi connectivity index (χ4n) is 1.83. The first-order valence-electron chi connectivity index (χ1n) is 6.52. The molecule has 0 radical (unpaired) electrons. The average Bonchev–Trinajstić information content (AvgIpc) is 2.47. The van der Waals surface area contributed by atoms with Gasteiger partial charge < -0.3 is 15.4 Å². The highest BCUT2D eigenvalue weighted by molar-refractivity contribution is 9.10. The van der Waals surface area contributed by atoms with Gasteiger partial charge in [-0.05, 0) is 30.7 Å². The van der Waals surface area contributed by atoms with Gasteiger partial charge >= 0.3 is 6.03 Å². The van der Waals surface area contributed by atoms with E-state index in [1.165, 1.54) is 5.56 Å². The van der Waals surface area contributed by atoms with E-state index in [4.69, 9.17) is 4.74 Å². The van der Waals surface area contributed by atoms with Crippen molar-refractivity contribution in [1.29, 1.82) is 0 Å². The SMILES string of the molecule is COc1ccc(Br)cc1NC(=O)NCc1ccc(C)cc1. The Bertz CT molecular complexity index is 627. The topological polar surface area (TPSA) is 50.4 Å². The van der Waals surface area contributed by atoms with Crippen LogP contribution < -0.4 is 15.4 Å². The highest BCUT2D eigenvalue weighted by atomic mass is 79.9. The summed E-state index contributed by atoms with van der Waals surface area (Å²) in [5.74, 6) is 0.615. The Hall–Kier alpha value is -2.01. The molecule has 0 atom stereocenters. The maximum absolute atomic E-state index is 11.9. The molecule has 5 heteroatoms. The van der Waals surface area contributed by atoms with Crippen LogP contribution in [0.1, 0.15) is 11.1 Å². The summed E-state index contributed by atoms with van der Waals surface area (Å²) in [5, 5.41) is 5.60. The summed E-state index contributed by atoms with van der Waals surface area (Å²) in [6.45, 7) is 2.51. The number of methoxy groups -OCH3 is 1. The van der Waals surface area contributed by atoms with E-state index < -0.39 is 0 Å². The number of ether oxygens (including phenoxy) is 1. The largest absolute Gasteiger partial charge is 0.495 e. The smallest absolute Gasteiger partial charge is 0.319 e. The van der Waals surface area contributed by atoms with Gasteiger partial charge in [-0.3, -0.25) is 0 Å². The lowest BCUT2D eigenvalue weighted by molar-refractivity contribution is 0.251. The summed E-state index contributed by atoms with van der Waals surface area (Å²) in [7, 11) is 1.57. The number of carbonyl (C=O) groups excluding carboxylic acids is 1. The number of rotatable bonds is 4. The van der Waals surface area contributed by atoms with E-state index in [1.807, 2.05) is 37.3 Å². The molecule has 0 saturated carbocycles. The molecule has 110 valence electrons. The Balaban J connectivity index is 1.95. The van der Waals surface area contributed by atoms with Crippen LogP contribution >= 0.6 is 15.9 Å². The van der Waals surface area contributed by atoms with Gasteiger partial charge in [0.2, 0.25) is 0 Å². The fourth-order valence-corrected chi connectivity index (χ4v) is 2.19. The van der Waals surface area contributed by atoms with Crippen LogP contribution in [0, 0.1) is 6.92 Å². The molecule has 0 saturated heterocycles. The maximum Gasteiger partial charge on any atom is 0.319 e. The van der Waals surface area contributed by atoms with Crippen LogP contribution in [0.3, 0.4) is 0 Å². The van der Waals surface area contributed by atoms with Crippen molar-refractivity contribution in [1.82, 2.24) is 5.32 Å². The third-order valence-corrected chi connectivity index (χ3v) is 3.48. The lowest BCUT2D eigenvalue weighted by atomic mass is 10.1. The van der Waals surface area contributed by atoms with Gasteiger partial charge in [-0.1, -0.05) is 45.8 Å². The number of hydrogen-bond donors (Lipinski definition) is 2. The number of nitrogens with one attached hydrogen (secondary N) is 2. The second-order valence-electron chi connectivity index (χ2n) is 4.64. The molecule has 4 nitrogen and oxygen atoms in total. The Morgan fingerprint density at radius 1 is 1.19 bits per heavy atom. The molecule has 0 aliphatic heterocycles. The van der Waals surface area contributed by atoms with E-state index in [0.717, 1.165) is 10.0 Å². The molecule has 0 aliphatic carbocycles. The number of urea groups is 1. The minimum atomic E-state index is -0.271. The number of hydrogen-bond acceptors (Lipinski definition) is 2. The molecule has 2 rings (SSSR count). The van der Waals surface area contributed by atoms with Gasteiger partial charge in [-0.15, -0.1) is 0 Å². The molecule has 0 unspecified atom stereocenters. The van der Waals surface area contributed by atoms with Crippen LogP contribution in [0.25, 0.3) is 0 Å². The lowest BCUT2D eigenvalue weighted by Gasteiger charge is -2.11. The summed E-state index contributed by atoms with van der Waals surface area (Å²) in [4.78, 5) is 11.9. The minimum Gasteiger partial charge on any atom is -0.495 e. The first-order valence-corrected chi connectivity index (χ1v) is 7.31. The molecular weight excluding hydrogens is 332 g/mol. The molecule has 2 aromatic rings. The second-order valence-corrected chi connectivity index (χ2v) is 5.55. The van der Waals surface area contributed by atoms with Crippen molar-refractivity contribution in [3.8, 4) is 5.75 Å². The summed E-state index contributed by atoms with van der Waals surface area (Å²) in [6, 6.07) is 13.2. The van der Waals surface area contributed by atoms with Gasteiger partial charge in [0.1, 0.15) is 5.75 Å². The molecule has 2 aromatic carbocycles. The zero-order valence-electron chi connectivity index (χ0n) is 11.9.